The van der Waals surface area contributed by atoms with E-state index in [0.29, 0.717) is 17.2 Å². The molecular formula is C23H25ClO5. The summed E-state index contributed by atoms with van der Waals surface area (Å²) in [6, 6.07) is 7.63. The Morgan fingerprint density at radius 2 is 1.97 bits per heavy atom. The van der Waals surface area contributed by atoms with Crippen LogP contribution >= 0.6 is 11.6 Å². The van der Waals surface area contributed by atoms with Crippen LogP contribution in [0.1, 0.15) is 41.4 Å². The zero-order valence-corrected chi connectivity index (χ0v) is 17.9. The highest BCUT2D eigenvalue weighted by Gasteiger charge is 2.19. The number of carboxylic acids is 1. The van der Waals surface area contributed by atoms with Crippen molar-refractivity contribution < 1.29 is 23.8 Å². The Hall–Kier alpha value is -2.66. The van der Waals surface area contributed by atoms with Gasteiger partial charge in [-0.25, -0.2) is 0 Å². The van der Waals surface area contributed by atoms with Gasteiger partial charge in [0.1, 0.15) is 29.4 Å². The molecule has 154 valence electrons. The molecule has 0 spiro atoms. The number of furan rings is 1. The molecule has 0 bridgehead atoms. The molecule has 29 heavy (non-hydrogen) atoms. The summed E-state index contributed by atoms with van der Waals surface area (Å²) in [5, 5.41) is 10.4. The highest BCUT2D eigenvalue weighted by Crippen LogP contribution is 2.38. The van der Waals surface area contributed by atoms with Crippen molar-refractivity contribution in [3.05, 3.63) is 57.3 Å². The van der Waals surface area contributed by atoms with Crippen LogP contribution in [0.2, 0.25) is 5.02 Å². The molecule has 0 aliphatic heterocycles. The van der Waals surface area contributed by atoms with Crippen LogP contribution in [0.3, 0.4) is 0 Å². The molecule has 1 aromatic heterocycles. The van der Waals surface area contributed by atoms with Gasteiger partial charge in [0, 0.05) is 18.2 Å². The average Bonchev–Trinajstić information content (AvgIpc) is 3.10. The van der Waals surface area contributed by atoms with Crippen LogP contribution in [0.15, 0.2) is 28.7 Å². The molecule has 1 heterocycles. The molecule has 0 saturated carbocycles. The number of aliphatic carboxylic acids is 1. The van der Waals surface area contributed by atoms with E-state index in [9.17, 15) is 4.79 Å². The lowest BCUT2D eigenvalue weighted by molar-refractivity contribution is -0.136. The van der Waals surface area contributed by atoms with Crippen molar-refractivity contribution in [3.63, 3.8) is 0 Å². The van der Waals surface area contributed by atoms with E-state index in [1.165, 1.54) is 0 Å². The number of aryl methyl sites for hydroxylation is 2. The number of carbonyl (C=O) groups is 1. The number of carboxylic acid groups (broad SMARTS) is 1. The fraction of sp³-hybridized carbons (Fsp3) is 0.348. The Morgan fingerprint density at radius 1 is 1.21 bits per heavy atom. The number of hydrogen-bond donors (Lipinski definition) is 1. The summed E-state index contributed by atoms with van der Waals surface area (Å²) in [6.45, 7) is 6.23. The zero-order valence-electron chi connectivity index (χ0n) is 17.1. The van der Waals surface area contributed by atoms with Crippen molar-refractivity contribution in [2.45, 2.75) is 46.6 Å². The predicted octanol–water partition coefficient (Wildman–Crippen LogP) is 5.87. The molecule has 0 amide bonds. The molecule has 6 heteroatoms. The van der Waals surface area contributed by atoms with Gasteiger partial charge < -0.3 is 19.0 Å². The van der Waals surface area contributed by atoms with Crippen molar-refractivity contribution in [2.75, 3.05) is 7.11 Å². The molecule has 3 rings (SSSR count). The second kappa shape index (κ2) is 8.78. The van der Waals surface area contributed by atoms with Gasteiger partial charge in [0.05, 0.1) is 17.7 Å². The summed E-state index contributed by atoms with van der Waals surface area (Å²) in [7, 11) is 1.58. The molecule has 3 aromatic rings. The van der Waals surface area contributed by atoms with Crippen LogP contribution in [0.4, 0.5) is 0 Å². The fourth-order valence-corrected chi connectivity index (χ4v) is 3.76. The lowest BCUT2D eigenvalue weighted by atomic mass is 9.99. The molecule has 0 radical (unpaired) electrons. The van der Waals surface area contributed by atoms with Crippen molar-refractivity contribution in [1.82, 2.24) is 0 Å². The molecule has 0 aliphatic carbocycles. The Kier molecular flexibility index (Phi) is 6.38. The maximum absolute atomic E-state index is 10.9. The molecule has 0 atom stereocenters. The van der Waals surface area contributed by atoms with Crippen LogP contribution in [0, 0.1) is 13.8 Å². The molecule has 0 fully saturated rings. The Balaban J connectivity index is 1.91. The summed E-state index contributed by atoms with van der Waals surface area (Å²) in [5.74, 6) is 1.35. The molecule has 1 N–H and O–H groups in total. The van der Waals surface area contributed by atoms with Crippen molar-refractivity contribution in [1.29, 1.82) is 0 Å². The minimum absolute atomic E-state index is 0.108. The first-order valence-corrected chi connectivity index (χ1v) is 9.94. The van der Waals surface area contributed by atoms with Crippen molar-refractivity contribution in [2.24, 2.45) is 0 Å². The summed E-state index contributed by atoms with van der Waals surface area (Å²) in [6.07, 6.45) is 1.39. The number of ether oxygens (including phenoxy) is 2. The Bertz CT molecular complexity index is 1050. The third kappa shape index (κ3) is 4.35. The summed E-state index contributed by atoms with van der Waals surface area (Å²) in [4.78, 5) is 10.9. The molecule has 0 aliphatic rings. The molecule has 0 unspecified atom stereocenters. The van der Waals surface area contributed by atoms with E-state index in [-0.39, 0.29) is 13.0 Å². The van der Waals surface area contributed by atoms with Crippen molar-refractivity contribution in [3.8, 4) is 11.5 Å². The lowest BCUT2D eigenvalue weighted by Crippen LogP contribution is -2.04. The fourth-order valence-electron chi connectivity index (χ4n) is 3.45. The molecular weight excluding hydrogens is 392 g/mol. The number of benzene rings is 2. The third-order valence-corrected chi connectivity index (χ3v) is 5.52. The van der Waals surface area contributed by atoms with Crippen LogP contribution in [-0.2, 0) is 24.2 Å². The quantitative estimate of drug-likeness (QED) is 0.497. The van der Waals surface area contributed by atoms with Gasteiger partial charge in [-0.1, -0.05) is 24.6 Å². The van der Waals surface area contributed by atoms with Gasteiger partial charge >= 0.3 is 5.97 Å². The van der Waals surface area contributed by atoms with Gasteiger partial charge in [-0.2, -0.15) is 0 Å². The summed E-state index contributed by atoms with van der Waals surface area (Å²) < 4.78 is 17.6. The Labute approximate surface area is 175 Å². The Morgan fingerprint density at radius 3 is 2.62 bits per heavy atom. The zero-order chi connectivity index (χ0) is 21.1. The van der Waals surface area contributed by atoms with Gasteiger partial charge in [0.2, 0.25) is 0 Å². The normalized spacial score (nSPS) is 11.1. The standard InChI is InChI=1S/C23H25ClO5/c1-5-17-10-16-11-19(24)23(27-4)18(22(16)29-17)12-28-20-8-6-15(7-9-21(25)26)13(2)14(20)3/h6,8,10-11H,5,7,9,12H2,1-4H3,(H,25,26). The van der Waals surface area contributed by atoms with Gasteiger partial charge in [-0.3, -0.25) is 4.79 Å². The van der Waals surface area contributed by atoms with E-state index in [1.54, 1.807) is 7.11 Å². The van der Waals surface area contributed by atoms with Crippen molar-refractivity contribution >= 4 is 28.5 Å². The first kappa shape index (κ1) is 21.1. The lowest BCUT2D eigenvalue weighted by Gasteiger charge is -2.16. The van der Waals surface area contributed by atoms with E-state index >= 15 is 0 Å². The van der Waals surface area contributed by atoms with E-state index in [4.69, 9.17) is 30.6 Å². The third-order valence-electron chi connectivity index (χ3n) is 5.24. The number of hydrogen-bond acceptors (Lipinski definition) is 4. The van der Waals surface area contributed by atoms with E-state index in [0.717, 1.165) is 51.2 Å². The average molecular weight is 417 g/mol. The van der Waals surface area contributed by atoms with Crippen LogP contribution in [0.25, 0.3) is 11.0 Å². The highest BCUT2D eigenvalue weighted by molar-refractivity contribution is 6.33. The number of methoxy groups -OCH3 is 1. The largest absolute Gasteiger partial charge is 0.495 e. The molecule has 5 nitrogen and oxygen atoms in total. The number of fused-ring (bicyclic) bond motifs is 1. The topological polar surface area (TPSA) is 68.9 Å². The molecule has 0 saturated heterocycles. The number of rotatable bonds is 8. The van der Waals surface area contributed by atoms with E-state index in [1.807, 2.05) is 45.0 Å². The minimum atomic E-state index is -0.802. The summed E-state index contributed by atoms with van der Waals surface area (Å²) >= 11 is 6.41. The monoisotopic (exact) mass is 416 g/mol. The summed E-state index contributed by atoms with van der Waals surface area (Å²) in [5.41, 5.74) is 4.52. The minimum Gasteiger partial charge on any atom is -0.495 e. The van der Waals surface area contributed by atoms with Crippen LogP contribution in [0.5, 0.6) is 11.5 Å². The second-order valence-corrected chi connectivity index (χ2v) is 7.42. The highest BCUT2D eigenvalue weighted by atomic mass is 35.5. The SMILES string of the molecule is CCc1cc2cc(Cl)c(OC)c(COc3ccc(CCC(=O)O)c(C)c3C)c2o1. The van der Waals surface area contributed by atoms with Crippen LogP contribution < -0.4 is 9.47 Å². The van der Waals surface area contributed by atoms with E-state index < -0.39 is 5.97 Å². The predicted molar refractivity (Wildman–Crippen MR) is 113 cm³/mol. The molecule has 2 aromatic carbocycles. The van der Waals surface area contributed by atoms with Gasteiger partial charge in [0.15, 0.2) is 0 Å². The first-order chi connectivity index (χ1) is 13.8. The second-order valence-electron chi connectivity index (χ2n) is 7.01. The number of halogens is 1. The van der Waals surface area contributed by atoms with Crippen LogP contribution in [-0.4, -0.2) is 18.2 Å². The maximum atomic E-state index is 10.9. The van der Waals surface area contributed by atoms with E-state index in [2.05, 4.69) is 0 Å². The van der Waals surface area contributed by atoms with Gasteiger partial charge in [-0.05, 0) is 55.2 Å². The van der Waals surface area contributed by atoms with Gasteiger partial charge in [0.25, 0.3) is 0 Å². The first-order valence-electron chi connectivity index (χ1n) is 9.57. The smallest absolute Gasteiger partial charge is 0.303 e. The maximum Gasteiger partial charge on any atom is 0.303 e. The van der Waals surface area contributed by atoms with Gasteiger partial charge in [-0.15, -0.1) is 0 Å².